The van der Waals surface area contributed by atoms with Crippen LogP contribution in [0.3, 0.4) is 0 Å². The maximum absolute atomic E-state index is 12.9. The Kier molecular flexibility index (Phi) is 5.36. The van der Waals surface area contributed by atoms with Crippen LogP contribution in [0.2, 0.25) is 5.02 Å². The minimum Gasteiger partial charge on any atom is -0.482 e. The van der Waals surface area contributed by atoms with Gasteiger partial charge in [-0.05, 0) is 48.5 Å². The number of hydrogen-bond donors (Lipinski definition) is 1. The monoisotopic (exact) mass is 359 g/mol. The lowest BCUT2D eigenvalue weighted by atomic mass is 10.2. The molecule has 0 atom stereocenters. The zero-order valence-corrected chi connectivity index (χ0v) is 13.9. The van der Waals surface area contributed by atoms with E-state index in [9.17, 15) is 9.18 Å². The number of halogens is 2. The Labute approximate surface area is 149 Å². The van der Waals surface area contributed by atoms with Gasteiger partial charge in [-0.3, -0.25) is 4.79 Å². The van der Waals surface area contributed by atoms with Crippen LogP contribution in [0.1, 0.15) is 5.76 Å². The molecule has 25 heavy (non-hydrogen) atoms. The van der Waals surface area contributed by atoms with Gasteiger partial charge in [0.1, 0.15) is 23.1 Å². The maximum atomic E-state index is 12.9. The molecule has 0 bridgehead atoms. The molecule has 0 saturated heterocycles. The fraction of sp³-hybridized carbons (Fsp3) is 0.105. The number of ether oxygens (including phenoxy) is 1. The highest BCUT2D eigenvalue weighted by atomic mass is 35.5. The van der Waals surface area contributed by atoms with Gasteiger partial charge in [-0.1, -0.05) is 23.7 Å². The molecule has 4 nitrogen and oxygen atoms in total. The van der Waals surface area contributed by atoms with Crippen molar-refractivity contribution in [3.63, 3.8) is 0 Å². The van der Waals surface area contributed by atoms with E-state index in [1.807, 2.05) is 0 Å². The van der Waals surface area contributed by atoms with Crippen LogP contribution in [0.4, 0.5) is 4.39 Å². The SMILES string of the molecule is O=C(COc1ccccc1Cl)NCc1ccc(-c2ccc(F)cc2)o1. The fourth-order valence-electron chi connectivity index (χ4n) is 2.18. The van der Waals surface area contributed by atoms with Crippen molar-refractivity contribution < 1.29 is 18.3 Å². The number of nitrogens with one attached hydrogen (secondary N) is 1. The van der Waals surface area contributed by atoms with Crippen LogP contribution < -0.4 is 10.1 Å². The molecule has 3 rings (SSSR count). The molecule has 1 aromatic heterocycles. The number of carbonyl (C=O) groups is 1. The molecule has 0 aliphatic rings. The molecular formula is C19H15ClFNO3. The van der Waals surface area contributed by atoms with E-state index < -0.39 is 0 Å². The van der Waals surface area contributed by atoms with Gasteiger partial charge in [0.25, 0.3) is 5.91 Å². The third kappa shape index (κ3) is 4.61. The molecule has 3 aromatic rings. The van der Waals surface area contributed by atoms with Crippen LogP contribution in [0.5, 0.6) is 5.75 Å². The van der Waals surface area contributed by atoms with E-state index in [1.54, 1.807) is 48.5 Å². The van der Waals surface area contributed by atoms with Gasteiger partial charge in [-0.15, -0.1) is 0 Å². The number of furan rings is 1. The summed E-state index contributed by atoms with van der Waals surface area (Å²) in [5.74, 6) is 1.05. The molecule has 0 saturated carbocycles. The molecule has 1 N–H and O–H groups in total. The van der Waals surface area contributed by atoms with Crippen molar-refractivity contribution in [1.29, 1.82) is 0 Å². The summed E-state index contributed by atoms with van der Waals surface area (Å²) < 4.78 is 23.9. The zero-order valence-electron chi connectivity index (χ0n) is 13.2. The quantitative estimate of drug-likeness (QED) is 0.708. The first-order valence-electron chi connectivity index (χ1n) is 7.60. The average molecular weight is 360 g/mol. The predicted molar refractivity (Wildman–Crippen MR) is 92.9 cm³/mol. The van der Waals surface area contributed by atoms with Crippen LogP contribution in [0.25, 0.3) is 11.3 Å². The van der Waals surface area contributed by atoms with Crippen molar-refractivity contribution in [1.82, 2.24) is 5.32 Å². The number of para-hydroxylation sites is 1. The molecule has 128 valence electrons. The summed E-state index contributed by atoms with van der Waals surface area (Å²) in [6.07, 6.45) is 0. The van der Waals surface area contributed by atoms with Gasteiger partial charge in [0.2, 0.25) is 0 Å². The van der Waals surface area contributed by atoms with E-state index >= 15 is 0 Å². The number of amides is 1. The second-order valence-electron chi connectivity index (χ2n) is 5.27. The average Bonchev–Trinajstić information content (AvgIpc) is 3.09. The Hall–Kier alpha value is -2.79. The van der Waals surface area contributed by atoms with E-state index in [2.05, 4.69) is 5.32 Å². The molecular weight excluding hydrogens is 345 g/mol. The lowest BCUT2D eigenvalue weighted by Crippen LogP contribution is -2.28. The Morgan fingerprint density at radius 2 is 1.84 bits per heavy atom. The van der Waals surface area contributed by atoms with Gasteiger partial charge < -0.3 is 14.5 Å². The summed E-state index contributed by atoms with van der Waals surface area (Å²) in [5, 5.41) is 3.15. The van der Waals surface area contributed by atoms with Crippen molar-refractivity contribution in [2.45, 2.75) is 6.54 Å². The van der Waals surface area contributed by atoms with E-state index in [-0.39, 0.29) is 24.9 Å². The van der Waals surface area contributed by atoms with Crippen LogP contribution in [0.15, 0.2) is 65.1 Å². The molecule has 0 unspecified atom stereocenters. The van der Waals surface area contributed by atoms with Crippen LogP contribution in [-0.4, -0.2) is 12.5 Å². The van der Waals surface area contributed by atoms with Gasteiger partial charge >= 0.3 is 0 Å². The summed E-state index contributed by atoms with van der Waals surface area (Å²) in [5.41, 5.74) is 0.765. The summed E-state index contributed by atoms with van der Waals surface area (Å²) in [4.78, 5) is 11.9. The van der Waals surface area contributed by atoms with Crippen molar-refractivity contribution in [3.8, 4) is 17.1 Å². The standard InChI is InChI=1S/C19H15ClFNO3/c20-16-3-1-2-4-18(16)24-12-19(23)22-11-15-9-10-17(25-15)13-5-7-14(21)8-6-13/h1-10H,11-12H2,(H,22,23). The Morgan fingerprint density at radius 3 is 2.60 bits per heavy atom. The van der Waals surface area contributed by atoms with Crippen molar-refractivity contribution >= 4 is 17.5 Å². The third-order valence-corrected chi connectivity index (χ3v) is 3.76. The summed E-state index contributed by atoms with van der Waals surface area (Å²) in [7, 11) is 0. The molecule has 0 aliphatic carbocycles. The van der Waals surface area contributed by atoms with Crippen LogP contribution >= 0.6 is 11.6 Å². The molecule has 0 radical (unpaired) electrons. The van der Waals surface area contributed by atoms with Gasteiger partial charge in [-0.25, -0.2) is 4.39 Å². The van der Waals surface area contributed by atoms with E-state index in [0.29, 0.717) is 22.3 Å². The number of rotatable bonds is 6. The molecule has 0 aliphatic heterocycles. The second-order valence-corrected chi connectivity index (χ2v) is 5.68. The Balaban J connectivity index is 1.51. The predicted octanol–water partition coefficient (Wildman–Crippen LogP) is 4.43. The largest absolute Gasteiger partial charge is 0.482 e. The molecule has 1 amide bonds. The highest BCUT2D eigenvalue weighted by Gasteiger charge is 2.08. The maximum Gasteiger partial charge on any atom is 0.258 e. The van der Waals surface area contributed by atoms with Crippen LogP contribution in [-0.2, 0) is 11.3 Å². The number of carbonyl (C=O) groups excluding carboxylic acids is 1. The zero-order chi connectivity index (χ0) is 17.6. The third-order valence-electron chi connectivity index (χ3n) is 3.45. The lowest BCUT2D eigenvalue weighted by molar-refractivity contribution is -0.123. The number of hydrogen-bond acceptors (Lipinski definition) is 3. The van der Waals surface area contributed by atoms with Gasteiger partial charge in [0.15, 0.2) is 6.61 Å². The minimum atomic E-state index is -0.304. The van der Waals surface area contributed by atoms with Gasteiger partial charge in [0.05, 0.1) is 11.6 Å². The first-order valence-corrected chi connectivity index (χ1v) is 7.98. The topological polar surface area (TPSA) is 51.5 Å². The van der Waals surface area contributed by atoms with Gasteiger partial charge in [-0.2, -0.15) is 0 Å². The van der Waals surface area contributed by atoms with E-state index in [1.165, 1.54) is 12.1 Å². The second kappa shape index (κ2) is 7.85. The molecule has 0 fully saturated rings. The fourth-order valence-corrected chi connectivity index (χ4v) is 2.37. The van der Waals surface area contributed by atoms with Gasteiger partial charge in [0, 0.05) is 5.56 Å². The smallest absolute Gasteiger partial charge is 0.258 e. The molecule has 1 heterocycles. The van der Waals surface area contributed by atoms with E-state index in [0.717, 1.165) is 5.56 Å². The summed E-state index contributed by atoms with van der Waals surface area (Å²) >= 11 is 5.96. The normalized spacial score (nSPS) is 10.5. The highest BCUT2D eigenvalue weighted by Crippen LogP contribution is 2.23. The highest BCUT2D eigenvalue weighted by molar-refractivity contribution is 6.32. The molecule has 2 aromatic carbocycles. The first-order chi connectivity index (χ1) is 12.1. The number of benzene rings is 2. The first kappa shape index (κ1) is 17.0. The summed E-state index contributed by atoms with van der Waals surface area (Å²) in [6, 6.07) is 16.5. The van der Waals surface area contributed by atoms with Crippen molar-refractivity contribution in [2.24, 2.45) is 0 Å². The van der Waals surface area contributed by atoms with Crippen molar-refractivity contribution in [2.75, 3.05) is 6.61 Å². The molecule has 0 spiro atoms. The van der Waals surface area contributed by atoms with Crippen molar-refractivity contribution in [3.05, 3.63) is 77.3 Å². The summed E-state index contributed by atoms with van der Waals surface area (Å²) in [6.45, 7) is 0.0845. The van der Waals surface area contributed by atoms with Crippen LogP contribution in [0, 0.1) is 5.82 Å². The minimum absolute atomic E-state index is 0.144. The van der Waals surface area contributed by atoms with E-state index in [4.69, 9.17) is 20.8 Å². The molecule has 6 heteroatoms. The Morgan fingerprint density at radius 1 is 1.08 bits per heavy atom. The lowest BCUT2D eigenvalue weighted by Gasteiger charge is -2.07. The Bertz CT molecular complexity index is 861.